The molecule has 4 rings (SSSR count). The first-order valence-corrected chi connectivity index (χ1v) is 15.0. The predicted molar refractivity (Wildman–Crippen MR) is 144 cm³/mol. The molecule has 4 aromatic rings. The van der Waals surface area contributed by atoms with Crippen LogP contribution in [0.4, 0.5) is 11.4 Å². The summed E-state index contributed by atoms with van der Waals surface area (Å²) < 4.78 is 75.4. The number of fused-ring (bicyclic) bond motifs is 2. The molecular formula is C24H26N2O7S3. The van der Waals surface area contributed by atoms with Gasteiger partial charge in [0.2, 0.25) is 0 Å². The smallest absolute Gasteiger partial charge is 0.295 e. The standard InChI is InChI=1S/C12H13NO4S2.C12H13NO3S/c1-13(2)11-7-3-6-10-9(11)5-4-8-12(10)19(16,17)18(14)15;1-13(2)11-7-3-6-10-9(11)5-4-8-12(10)17(14,15)16/h3-8H,1-2H3,(H,14,15);3-8H,1-2H3,(H,14,15,16). The molecule has 0 aliphatic rings. The van der Waals surface area contributed by atoms with Crippen molar-refractivity contribution < 1.29 is 30.1 Å². The van der Waals surface area contributed by atoms with E-state index in [1.807, 2.05) is 56.2 Å². The second kappa shape index (κ2) is 10.5. The lowest BCUT2D eigenvalue weighted by Gasteiger charge is -2.16. The van der Waals surface area contributed by atoms with Crippen LogP contribution in [0.25, 0.3) is 21.5 Å². The Morgan fingerprint density at radius 3 is 1.36 bits per heavy atom. The highest BCUT2D eigenvalue weighted by molar-refractivity contribution is 8.62. The van der Waals surface area contributed by atoms with Crippen LogP contribution < -0.4 is 9.80 Å². The van der Waals surface area contributed by atoms with E-state index in [1.165, 1.54) is 12.1 Å². The molecule has 0 aliphatic heterocycles. The Bertz CT molecular complexity index is 1670. The fraction of sp³-hybridized carbons (Fsp3) is 0.167. The predicted octanol–water partition coefficient (Wildman–Crippen LogP) is 3.97. The fourth-order valence-corrected chi connectivity index (χ4v) is 6.28. The zero-order valence-corrected chi connectivity index (χ0v) is 22.4. The zero-order chi connectivity index (χ0) is 26.8. The molecule has 0 radical (unpaired) electrons. The van der Waals surface area contributed by atoms with Crippen molar-refractivity contribution in [1.82, 2.24) is 0 Å². The molecule has 2 N–H and O–H groups in total. The third-order valence-electron chi connectivity index (χ3n) is 5.42. The largest absolute Gasteiger partial charge is 0.377 e. The molecular weight excluding hydrogens is 524 g/mol. The normalized spacial score (nSPS) is 12.6. The Balaban J connectivity index is 0.000000202. The Morgan fingerprint density at radius 1 is 0.611 bits per heavy atom. The van der Waals surface area contributed by atoms with E-state index in [2.05, 4.69) is 0 Å². The lowest BCUT2D eigenvalue weighted by molar-refractivity contribution is 0.484. The molecule has 0 aliphatic carbocycles. The Hall–Kier alpha value is -3.03. The van der Waals surface area contributed by atoms with Crippen LogP contribution in [-0.2, 0) is 29.1 Å². The molecule has 0 spiro atoms. The van der Waals surface area contributed by atoms with Gasteiger partial charge in [-0.25, -0.2) is 12.6 Å². The molecule has 0 fully saturated rings. The van der Waals surface area contributed by atoms with Gasteiger partial charge in [0.15, 0.2) is 0 Å². The van der Waals surface area contributed by atoms with E-state index < -0.39 is 29.1 Å². The van der Waals surface area contributed by atoms with Gasteiger partial charge in [-0.3, -0.25) is 9.11 Å². The maximum Gasteiger partial charge on any atom is 0.295 e. The van der Waals surface area contributed by atoms with Crippen LogP contribution in [0, 0.1) is 0 Å². The molecule has 0 aromatic heterocycles. The molecule has 1 atom stereocenters. The van der Waals surface area contributed by atoms with Crippen LogP contribution in [0.15, 0.2) is 82.6 Å². The van der Waals surface area contributed by atoms with Crippen molar-refractivity contribution >= 4 is 62.0 Å². The van der Waals surface area contributed by atoms with E-state index >= 15 is 0 Å². The van der Waals surface area contributed by atoms with Crippen molar-refractivity contribution in [2.75, 3.05) is 38.0 Å². The molecule has 36 heavy (non-hydrogen) atoms. The summed E-state index contributed by atoms with van der Waals surface area (Å²) in [7, 11) is -3.91. The van der Waals surface area contributed by atoms with Gasteiger partial charge in [-0.2, -0.15) is 8.42 Å². The van der Waals surface area contributed by atoms with E-state index in [1.54, 1.807) is 42.5 Å². The summed E-state index contributed by atoms with van der Waals surface area (Å²) in [6.45, 7) is 0. The Kier molecular flexibility index (Phi) is 8.06. The highest BCUT2D eigenvalue weighted by Crippen LogP contribution is 2.31. The molecule has 0 saturated heterocycles. The quantitative estimate of drug-likeness (QED) is 0.215. The second-order valence-electron chi connectivity index (χ2n) is 8.19. The summed E-state index contributed by atoms with van der Waals surface area (Å²) >= 11 is 0. The minimum absolute atomic E-state index is 0.0568. The van der Waals surface area contributed by atoms with E-state index in [-0.39, 0.29) is 9.79 Å². The zero-order valence-electron chi connectivity index (χ0n) is 20.0. The van der Waals surface area contributed by atoms with E-state index in [4.69, 9.17) is 4.55 Å². The first kappa shape index (κ1) is 27.6. The summed E-state index contributed by atoms with van der Waals surface area (Å²) in [6.07, 6.45) is 0. The summed E-state index contributed by atoms with van der Waals surface area (Å²) in [5.74, 6) is 0. The number of anilines is 2. The highest BCUT2D eigenvalue weighted by Gasteiger charge is 2.24. The summed E-state index contributed by atoms with van der Waals surface area (Å²) in [5.41, 5.74) is 1.76. The van der Waals surface area contributed by atoms with Crippen LogP contribution in [0.1, 0.15) is 0 Å². The lowest BCUT2D eigenvalue weighted by Crippen LogP contribution is -2.11. The topological polar surface area (TPSA) is 132 Å². The van der Waals surface area contributed by atoms with Crippen LogP contribution in [0.5, 0.6) is 0 Å². The monoisotopic (exact) mass is 550 g/mol. The van der Waals surface area contributed by atoms with Crippen molar-refractivity contribution in [3.8, 4) is 0 Å². The van der Waals surface area contributed by atoms with Gasteiger partial charge in [0.1, 0.15) is 4.90 Å². The van der Waals surface area contributed by atoms with Crippen molar-refractivity contribution in [3.63, 3.8) is 0 Å². The highest BCUT2D eigenvalue weighted by atomic mass is 33.2. The molecule has 9 nitrogen and oxygen atoms in total. The number of hydrogen-bond acceptors (Lipinski definition) is 7. The van der Waals surface area contributed by atoms with E-state index in [0.717, 1.165) is 22.1 Å². The van der Waals surface area contributed by atoms with Crippen LogP contribution in [0.2, 0.25) is 0 Å². The third-order valence-corrected chi connectivity index (χ3v) is 9.26. The summed E-state index contributed by atoms with van der Waals surface area (Å²) in [6, 6.07) is 20.1. The Labute approximate surface area is 212 Å². The van der Waals surface area contributed by atoms with Gasteiger partial charge in [0.05, 0.1) is 4.90 Å². The second-order valence-corrected chi connectivity index (χ2v) is 13.5. The molecule has 1 unspecified atom stereocenters. The van der Waals surface area contributed by atoms with Gasteiger partial charge in [-0.15, -0.1) is 0 Å². The van der Waals surface area contributed by atoms with E-state index in [9.17, 15) is 25.6 Å². The Morgan fingerprint density at radius 2 is 0.972 bits per heavy atom. The molecule has 0 bridgehead atoms. The summed E-state index contributed by atoms with van der Waals surface area (Å²) in [5, 5.41) is 2.49. The van der Waals surface area contributed by atoms with Gasteiger partial charge in [0, 0.05) is 61.1 Å². The maximum absolute atomic E-state index is 11.9. The van der Waals surface area contributed by atoms with Crippen molar-refractivity contribution in [1.29, 1.82) is 0 Å². The van der Waals surface area contributed by atoms with Gasteiger partial charge in [0.25, 0.3) is 29.1 Å². The van der Waals surface area contributed by atoms with Crippen molar-refractivity contribution in [3.05, 3.63) is 72.8 Å². The van der Waals surface area contributed by atoms with E-state index in [0.29, 0.717) is 10.8 Å². The first-order chi connectivity index (χ1) is 16.8. The molecule has 192 valence electrons. The number of benzene rings is 4. The lowest BCUT2D eigenvalue weighted by atomic mass is 10.1. The molecule has 0 amide bonds. The van der Waals surface area contributed by atoms with Gasteiger partial charge in [-0.1, -0.05) is 48.5 Å². The van der Waals surface area contributed by atoms with Gasteiger partial charge < -0.3 is 9.80 Å². The van der Waals surface area contributed by atoms with Crippen molar-refractivity contribution in [2.45, 2.75) is 9.79 Å². The number of nitrogens with zero attached hydrogens (tertiary/aromatic N) is 2. The third kappa shape index (κ3) is 5.52. The molecule has 0 heterocycles. The minimum atomic E-state index is -4.24. The van der Waals surface area contributed by atoms with Crippen molar-refractivity contribution in [2.24, 2.45) is 0 Å². The van der Waals surface area contributed by atoms with Crippen LogP contribution in [0.3, 0.4) is 0 Å². The van der Waals surface area contributed by atoms with Gasteiger partial charge >= 0.3 is 0 Å². The summed E-state index contributed by atoms with van der Waals surface area (Å²) in [4.78, 5) is 3.57. The van der Waals surface area contributed by atoms with Crippen LogP contribution >= 0.6 is 0 Å². The average Bonchev–Trinajstić information content (AvgIpc) is 2.81. The molecule has 12 heteroatoms. The molecule has 4 aromatic carbocycles. The maximum atomic E-state index is 11.9. The fourth-order valence-electron chi connectivity index (χ4n) is 3.83. The van der Waals surface area contributed by atoms with Gasteiger partial charge in [-0.05, 0) is 24.3 Å². The minimum Gasteiger partial charge on any atom is -0.377 e. The number of rotatable bonds is 5. The SMILES string of the molecule is CN(C)c1cccc2c(S(=O)(=O)O)cccc12.CN(C)c1cccc2c(S(=O)(=O)S(=O)O)cccc12. The molecule has 0 saturated carbocycles. The number of hydrogen-bond donors (Lipinski definition) is 2. The average molecular weight is 551 g/mol. The van der Waals surface area contributed by atoms with Crippen LogP contribution in [-0.4, -0.2) is 58.3 Å². The first-order valence-electron chi connectivity index (χ1n) is 10.5.